The number of nitrogens with zero attached hydrogens (tertiary/aromatic N) is 1. The van der Waals surface area contributed by atoms with E-state index in [1.807, 2.05) is 43.3 Å². The molecule has 0 spiro atoms. The summed E-state index contributed by atoms with van der Waals surface area (Å²) in [6.45, 7) is 2.38. The third-order valence-corrected chi connectivity index (χ3v) is 3.84. The molecule has 0 saturated heterocycles. The zero-order valence-corrected chi connectivity index (χ0v) is 13.5. The van der Waals surface area contributed by atoms with Crippen LogP contribution in [0.1, 0.15) is 17.5 Å². The lowest BCUT2D eigenvalue weighted by atomic mass is 10.2. The van der Waals surface area contributed by atoms with Crippen LogP contribution in [0, 0.1) is 6.92 Å². The van der Waals surface area contributed by atoms with Crippen molar-refractivity contribution in [3.05, 3.63) is 59.7 Å². The van der Waals surface area contributed by atoms with E-state index in [0.29, 0.717) is 18.0 Å². The van der Waals surface area contributed by atoms with E-state index in [2.05, 4.69) is 0 Å². The fraction of sp³-hybridized carbons (Fsp3) is 0.263. The molecule has 1 heterocycles. The molecule has 0 atom stereocenters. The standard InChI is InChI=1S/C19H19NO4/c1-14-6-8-15(9-7-14)13-24-19(22)12-20-16-4-2-3-5-17(16)23-11-10-18(20)21/h2-9H,10-13H2,1H3. The quantitative estimate of drug-likeness (QED) is 0.811. The maximum Gasteiger partial charge on any atom is 0.326 e. The summed E-state index contributed by atoms with van der Waals surface area (Å²) < 4.78 is 10.9. The second kappa shape index (κ2) is 7.17. The molecule has 1 aliphatic heterocycles. The van der Waals surface area contributed by atoms with Crippen LogP contribution in [0.15, 0.2) is 48.5 Å². The lowest BCUT2D eigenvalue weighted by molar-refractivity contribution is -0.144. The lowest BCUT2D eigenvalue weighted by Crippen LogP contribution is -2.36. The summed E-state index contributed by atoms with van der Waals surface area (Å²) in [5, 5.41) is 0. The summed E-state index contributed by atoms with van der Waals surface area (Å²) in [5.74, 6) is 0.0162. The van der Waals surface area contributed by atoms with Gasteiger partial charge in [-0.05, 0) is 24.6 Å². The van der Waals surface area contributed by atoms with Gasteiger partial charge in [0, 0.05) is 0 Å². The first kappa shape index (κ1) is 16.1. The Bertz CT molecular complexity index is 739. The van der Waals surface area contributed by atoms with Gasteiger partial charge in [0.25, 0.3) is 0 Å². The van der Waals surface area contributed by atoms with Gasteiger partial charge >= 0.3 is 5.97 Å². The second-order valence-electron chi connectivity index (χ2n) is 5.69. The fourth-order valence-corrected chi connectivity index (χ4v) is 2.52. The number of anilines is 1. The number of hydrogen-bond acceptors (Lipinski definition) is 4. The predicted octanol–water partition coefficient (Wildman–Crippen LogP) is 2.85. The Labute approximate surface area is 140 Å². The van der Waals surface area contributed by atoms with Crippen molar-refractivity contribution in [1.29, 1.82) is 0 Å². The van der Waals surface area contributed by atoms with Crippen molar-refractivity contribution in [2.45, 2.75) is 20.0 Å². The van der Waals surface area contributed by atoms with Crippen molar-refractivity contribution < 1.29 is 19.1 Å². The smallest absolute Gasteiger partial charge is 0.326 e. The van der Waals surface area contributed by atoms with Crippen molar-refractivity contribution in [3.8, 4) is 5.75 Å². The Morgan fingerprint density at radius 3 is 2.71 bits per heavy atom. The van der Waals surface area contributed by atoms with Gasteiger partial charge in [0.05, 0.1) is 18.7 Å². The Morgan fingerprint density at radius 2 is 1.92 bits per heavy atom. The van der Waals surface area contributed by atoms with Crippen LogP contribution >= 0.6 is 0 Å². The highest BCUT2D eigenvalue weighted by molar-refractivity contribution is 5.99. The van der Waals surface area contributed by atoms with E-state index < -0.39 is 5.97 Å². The molecule has 2 aromatic carbocycles. The minimum absolute atomic E-state index is 0.120. The van der Waals surface area contributed by atoms with Crippen LogP contribution < -0.4 is 9.64 Å². The second-order valence-corrected chi connectivity index (χ2v) is 5.69. The highest BCUT2D eigenvalue weighted by Crippen LogP contribution is 2.30. The summed E-state index contributed by atoms with van der Waals surface area (Å²) in [7, 11) is 0. The summed E-state index contributed by atoms with van der Waals surface area (Å²) in [6.07, 6.45) is 0.236. The van der Waals surface area contributed by atoms with Crippen LogP contribution in [0.4, 0.5) is 5.69 Å². The van der Waals surface area contributed by atoms with Gasteiger partial charge in [-0.1, -0.05) is 42.0 Å². The minimum Gasteiger partial charge on any atom is -0.491 e. The van der Waals surface area contributed by atoms with Crippen LogP contribution in [0.3, 0.4) is 0 Å². The van der Waals surface area contributed by atoms with Crippen LogP contribution in [0.2, 0.25) is 0 Å². The minimum atomic E-state index is -0.444. The maximum atomic E-state index is 12.3. The molecule has 3 rings (SSSR count). The van der Waals surface area contributed by atoms with E-state index in [1.165, 1.54) is 4.90 Å². The number of para-hydroxylation sites is 2. The van der Waals surface area contributed by atoms with Crippen molar-refractivity contribution in [2.24, 2.45) is 0 Å². The summed E-state index contributed by atoms with van der Waals surface area (Å²) in [5.41, 5.74) is 2.67. The third-order valence-electron chi connectivity index (χ3n) is 3.84. The number of carbonyl (C=O) groups excluding carboxylic acids is 2. The molecule has 0 fully saturated rings. The molecule has 0 aromatic heterocycles. The van der Waals surface area contributed by atoms with E-state index in [4.69, 9.17) is 9.47 Å². The molecule has 1 aliphatic rings. The first-order valence-corrected chi connectivity index (χ1v) is 7.87. The van der Waals surface area contributed by atoms with Gasteiger partial charge in [0.15, 0.2) is 0 Å². The van der Waals surface area contributed by atoms with Crippen LogP contribution in [-0.2, 0) is 20.9 Å². The van der Waals surface area contributed by atoms with Crippen molar-refractivity contribution in [3.63, 3.8) is 0 Å². The Kier molecular flexibility index (Phi) is 4.79. The number of fused-ring (bicyclic) bond motifs is 1. The van der Waals surface area contributed by atoms with Gasteiger partial charge in [0.1, 0.15) is 18.9 Å². The average Bonchev–Trinajstić information content (AvgIpc) is 2.74. The SMILES string of the molecule is Cc1ccc(COC(=O)CN2C(=O)CCOc3ccccc32)cc1. The zero-order valence-electron chi connectivity index (χ0n) is 13.5. The largest absolute Gasteiger partial charge is 0.491 e. The number of carbonyl (C=O) groups is 2. The predicted molar refractivity (Wildman–Crippen MR) is 89.9 cm³/mol. The molecule has 0 aliphatic carbocycles. The van der Waals surface area contributed by atoms with Crippen LogP contribution in [-0.4, -0.2) is 25.0 Å². The molecule has 0 bridgehead atoms. The monoisotopic (exact) mass is 325 g/mol. The van der Waals surface area contributed by atoms with Gasteiger partial charge < -0.3 is 9.47 Å². The molecule has 5 heteroatoms. The number of aryl methyl sites for hydroxylation is 1. The molecule has 0 unspecified atom stereocenters. The highest BCUT2D eigenvalue weighted by Gasteiger charge is 2.25. The van der Waals surface area contributed by atoms with Crippen LogP contribution in [0.5, 0.6) is 5.75 Å². The molecule has 5 nitrogen and oxygen atoms in total. The normalized spacial score (nSPS) is 13.7. The lowest BCUT2D eigenvalue weighted by Gasteiger charge is -2.20. The van der Waals surface area contributed by atoms with E-state index in [1.54, 1.807) is 12.1 Å². The first-order valence-electron chi connectivity index (χ1n) is 7.87. The van der Waals surface area contributed by atoms with Gasteiger partial charge in [-0.15, -0.1) is 0 Å². The van der Waals surface area contributed by atoms with E-state index in [0.717, 1.165) is 11.1 Å². The van der Waals surface area contributed by atoms with Gasteiger partial charge in [-0.2, -0.15) is 0 Å². The maximum absolute atomic E-state index is 12.3. The Balaban J connectivity index is 1.66. The number of hydrogen-bond donors (Lipinski definition) is 0. The first-order chi connectivity index (χ1) is 11.6. The molecular weight excluding hydrogens is 306 g/mol. The summed E-state index contributed by atoms with van der Waals surface area (Å²) >= 11 is 0. The van der Waals surface area contributed by atoms with Gasteiger partial charge in [-0.3, -0.25) is 14.5 Å². The van der Waals surface area contributed by atoms with Crippen molar-refractivity contribution in [1.82, 2.24) is 0 Å². The summed E-state index contributed by atoms with van der Waals surface area (Å²) in [6, 6.07) is 15.0. The van der Waals surface area contributed by atoms with E-state index in [9.17, 15) is 9.59 Å². The number of esters is 1. The molecule has 124 valence electrons. The number of benzene rings is 2. The van der Waals surface area contributed by atoms with Gasteiger partial charge in [0.2, 0.25) is 5.91 Å². The Hall–Kier alpha value is -2.82. The van der Waals surface area contributed by atoms with E-state index in [-0.39, 0.29) is 25.5 Å². The number of ether oxygens (including phenoxy) is 2. The van der Waals surface area contributed by atoms with Crippen LogP contribution in [0.25, 0.3) is 0 Å². The zero-order chi connectivity index (χ0) is 16.9. The molecule has 0 radical (unpaired) electrons. The third kappa shape index (κ3) is 3.74. The average molecular weight is 325 g/mol. The molecule has 0 saturated carbocycles. The van der Waals surface area contributed by atoms with E-state index >= 15 is 0 Å². The fourth-order valence-electron chi connectivity index (χ4n) is 2.52. The molecule has 24 heavy (non-hydrogen) atoms. The topological polar surface area (TPSA) is 55.8 Å². The van der Waals surface area contributed by atoms with Crippen molar-refractivity contribution >= 4 is 17.6 Å². The van der Waals surface area contributed by atoms with Crippen molar-refractivity contribution in [2.75, 3.05) is 18.1 Å². The molecule has 1 amide bonds. The number of rotatable bonds is 4. The van der Waals surface area contributed by atoms with Gasteiger partial charge in [-0.25, -0.2) is 0 Å². The molecular formula is C19H19NO4. The number of amides is 1. The molecule has 0 N–H and O–H groups in total. The summed E-state index contributed by atoms with van der Waals surface area (Å²) in [4.78, 5) is 25.9. The molecule has 2 aromatic rings. The Morgan fingerprint density at radius 1 is 1.17 bits per heavy atom. The highest BCUT2D eigenvalue weighted by atomic mass is 16.5.